The van der Waals surface area contributed by atoms with Gasteiger partial charge in [0.25, 0.3) is 0 Å². The Morgan fingerprint density at radius 2 is 2.08 bits per heavy atom. The summed E-state index contributed by atoms with van der Waals surface area (Å²) < 4.78 is 39.5. The molecule has 0 bridgehead atoms. The SMILES string of the molecule is CCOC(=O)[C@@H](C=O)CC(F)(F)F. The van der Waals surface area contributed by atoms with Crippen molar-refractivity contribution in [3.8, 4) is 0 Å². The Hall–Kier alpha value is -1.07. The Bertz CT molecular complexity index is 188. The molecule has 0 rings (SSSR count). The first-order valence-corrected chi connectivity index (χ1v) is 3.59. The molecule has 1 atom stereocenters. The van der Waals surface area contributed by atoms with Crippen LogP contribution in [0.15, 0.2) is 0 Å². The average Bonchev–Trinajstić information content (AvgIpc) is 1.99. The van der Waals surface area contributed by atoms with Gasteiger partial charge < -0.3 is 9.53 Å². The van der Waals surface area contributed by atoms with Crippen LogP contribution in [0.25, 0.3) is 0 Å². The number of carbonyl (C=O) groups is 2. The third-order valence-corrected chi connectivity index (χ3v) is 1.20. The van der Waals surface area contributed by atoms with E-state index in [1.807, 2.05) is 0 Å². The fourth-order valence-electron chi connectivity index (χ4n) is 0.686. The highest BCUT2D eigenvalue weighted by Crippen LogP contribution is 2.24. The van der Waals surface area contributed by atoms with Crippen molar-refractivity contribution in [3.05, 3.63) is 0 Å². The van der Waals surface area contributed by atoms with Crippen LogP contribution in [0.3, 0.4) is 0 Å². The Morgan fingerprint density at radius 1 is 1.54 bits per heavy atom. The maximum absolute atomic E-state index is 11.7. The van der Waals surface area contributed by atoms with Crippen LogP contribution in [0.4, 0.5) is 13.2 Å². The van der Waals surface area contributed by atoms with Crippen molar-refractivity contribution in [3.63, 3.8) is 0 Å². The van der Waals surface area contributed by atoms with E-state index >= 15 is 0 Å². The highest BCUT2D eigenvalue weighted by atomic mass is 19.4. The van der Waals surface area contributed by atoms with Gasteiger partial charge in [0.05, 0.1) is 13.0 Å². The third kappa shape index (κ3) is 5.21. The van der Waals surface area contributed by atoms with Crippen LogP contribution in [0, 0.1) is 5.92 Å². The lowest BCUT2D eigenvalue weighted by Gasteiger charge is -2.11. The summed E-state index contributed by atoms with van der Waals surface area (Å²) in [6, 6.07) is 0. The summed E-state index contributed by atoms with van der Waals surface area (Å²) in [5.41, 5.74) is 0. The maximum Gasteiger partial charge on any atom is 0.390 e. The predicted octanol–water partition coefficient (Wildman–Crippen LogP) is 1.32. The first-order chi connectivity index (χ1) is 5.90. The summed E-state index contributed by atoms with van der Waals surface area (Å²) >= 11 is 0. The smallest absolute Gasteiger partial charge is 0.390 e. The molecule has 0 aliphatic carbocycles. The van der Waals surface area contributed by atoms with Crippen LogP contribution in [0.5, 0.6) is 0 Å². The van der Waals surface area contributed by atoms with E-state index < -0.39 is 24.5 Å². The molecule has 0 aliphatic heterocycles. The van der Waals surface area contributed by atoms with E-state index in [4.69, 9.17) is 0 Å². The lowest BCUT2D eigenvalue weighted by atomic mass is 10.1. The second-order valence-corrected chi connectivity index (χ2v) is 2.31. The van der Waals surface area contributed by atoms with Crippen LogP contribution < -0.4 is 0 Å². The molecular formula is C7H9F3O3. The number of carbonyl (C=O) groups excluding carboxylic acids is 2. The van der Waals surface area contributed by atoms with Crippen molar-refractivity contribution in [2.75, 3.05) is 6.61 Å². The minimum Gasteiger partial charge on any atom is -0.465 e. The van der Waals surface area contributed by atoms with Gasteiger partial charge in [0, 0.05) is 0 Å². The van der Waals surface area contributed by atoms with Crippen LogP contribution in [-0.4, -0.2) is 25.0 Å². The average molecular weight is 198 g/mol. The molecule has 0 aromatic rings. The summed E-state index contributed by atoms with van der Waals surface area (Å²) in [6.45, 7) is 1.41. The zero-order valence-corrected chi connectivity index (χ0v) is 6.93. The van der Waals surface area contributed by atoms with Gasteiger partial charge in [-0.1, -0.05) is 0 Å². The molecule has 0 radical (unpaired) electrons. The van der Waals surface area contributed by atoms with Crippen LogP contribution in [-0.2, 0) is 14.3 Å². The van der Waals surface area contributed by atoms with Gasteiger partial charge >= 0.3 is 12.1 Å². The first kappa shape index (κ1) is 11.9. The number of rotatable bonds is 4. The number of esters is 1. The summed E-state index contributed by atoms with van der Waals surface area (Å²) in [5, 5.41) is 0. The molecule has 0 aliphatic rings. The molecule has 0 amide bonds. The van der Waals surface area contributed by atoms with Crippen LogP contribution in [0.1, 0.15) is 13.3 Å². The second-order valence-electron chi connectivity index (χ2n) is 2.31. The van der Waals surface area contributed by atoms with Crippen molar-refractivity contribution < 1.29 is 27.5 Å². The van der Waals surface area contributed by atoms with E-state index in [2.05, 4.69) is 4.74 Å². The zero-order valence-electron chi connectivity index (χ0n) is 6.93. The number of hydrogen-bond donors (Lipinski definition) is 0. The highest BCUT2D eigenvalue weighted by Gasteiger charge is 2.35. The molecule has 6 heteroatoms. The number of alkyl halides is 3. The lowest BCUT2D eigenvalue weighted by molar-refractivity contribution is -0.168. The summed E-state index contributed by atoms with van der Waals surface area (Å²) in [4.78, 5) is 20.8. The van der Waals surface area contributed by atoms with E-state index in [0.717, 1.165) is 0 Å². The van der Waals surface area contributed by atoms with Gasteiger partial charge in [-0.15, -0.1) is 0 Å². The van der Waals surface area contributed by atoms with E-state index in [1.165, 1.54) is 6.92 Å². The first-order valence-electron chi connectivity index (χ1n) is 3.59. The topological polar surface area (TPSA) is 43.4 Å². The molecule has 0 N–H and O–H groups in total. The lowest BCUT2D eigenvalue weighted by Crippen LogP contribution is -2.25. The van der Waals surface area contributed by atoms with Gasteiger partial charge in [-0.25, -0.2) is 0 Å². The number of hydrogen-bond acceptors (Lipinski definition) is 3. The fraction of sp³-hybridized carbons (Fsp3) is 0.714. The Kier molecular flexibility index (Phi) is 4.44. The molecule has 0 aromatic carbocycles. The van der Waals surface area contributed by atoms with Gasteiger partial charge in [-0.05, 0) is 6.92 Å². The summed E-state index contributed by atoms with van der Waals surface area (Å²) in [5.74, 6) is -2.87. The summed E-state index contributed by atoms with van der Waals surface area (Å²) in [7, 11) is 0. The molecule has 76 valence electrons. The highest BCUT2D eigenvalue weighted by molar-refractivity contribution is 5.87. The molecule has 0 saturated carbocycles. The Labute approximate surface area is 72.9 Å². The molecular weight excluding hydrogens is 189 g/mol. The molecule has 0 heterocycles. The maximum atomic E-state index is 11.7. The van der Waals surface area contributed by atoms with E-state index in [9.17, 15) is 22.8 Å². The third-order valence-electron chi connectivity index (χ3n) is 1.20. The molecule has 0 aromatic heterocycles. The van der Waals surface area contributed by atoms with Gasteiger partial charge in [-0.2, -0.15) is 13.2 Å². The standard InChI is InChI=1S/C7H9F3O3/c1-2-13-6(12)5(4-11)3-7(8,9)10/h4-5H,2-3H2,1H3/t5-/m1/s1. The van der Waals surface area contributed by atoms with Crippen molar-refractivity contribution >= 4 is 12.3 Å². The second kappa shape index (κ2) is 4.84. The normalized spacial score (nSPS) is 13.5. The number of aldehydes is 1. The van der Waals surface area contributed by atoms with Gasteiger partial charge in [0.1, 0.15) is 12.2 Å². The molecule has 0 spiro atoms. The Morgan fingerprint density at radius 3 is 2.38 bits per heavy atom. The van der Waals surface area contributed by atoms with E-state index in [1.54, 1.807) is 0 Å². The van der Waals surface area contributed by atoms with Crippen molar-refractivity contribution in [1.29, 1.82) is 0 Å². The van der Waals surface area contributed by atoms with E-state index in [0.29, 0.717) is 0 Å². The van der Waals surface area contributed by atoms with Gasteiger partial charge in [0.2, 0.25) is 0 Å². The molecule has 0 saturated heterocycles. The fourth-order valence-corrected chi connectivity index (χ4v) is 0.686. The number of ether oxygens (including phenoxy) is 1. The van der Waals surface area contributed by atoms with Crippen molar-refractivity contribution in [2.24, 2.45) is 5.92 Å². The predicted molar refractivity (Wildman–Crippen MR) is 36.9 cm³/mol. The molecule has 13 heavy (non-hydrogen) atoms. The van der Waals surface area contributed by atoms with Gasteiger partial charge in [0.15, 0.2) is 0 Å². The van der Waals surface area contributed by atoms with Gasteiger partial charge in [-0.3, -0.25) is 4.79 Å². The molecule has 3 nitrogen and oxygen atoms in total. The van der Waals surface area contributed by atoms with E-state index in [-0.39, 0.29) is 12.9 Å². The monoisotopic (exact) mass is 198 g/mol. The minimum atomic E-state index is -4.53. The largest absolute Gasteiger partial charge is 0.465 e. The minimum absolute atomic E-state index is 0.0406. The quantitative estimate of drug-likeness (QED) is 0.388. The molecule has 0 fully saturated rings. The Balaban J connectivity index is 4.18. The summed E-state index contributed by atoms with van der Waals surface area (Å²) in [6.07, 6.45) is -6.04. The van der Waals surface area contributed by atoms with Crippen LogP contribution in [0.2, 0.25) is 0 Å². The zero-order chi connectivity index (χ0) is 10.5. The van der Waals surface area contributed by atoms with Crippen LogP contribution >= 0.6 is 0 Å². The van der Waals surface area contributed by atoms with Crippen molar-refractivity contribution in [2.45, 2.75) is 19.5 Å². The van der Waals surface area contributed by atoms with Crippen molar-refractivity contribution in [1.82, 2.24) is 0 Å². The molecule has 0 unspecified atom stereocenters. The number of halogens is 3.